The molecule has 70 valence electrons. The van der Waals surface area contributed by atoms with Gasteiger partial charge in [0.2, 0.25) is 0 Å². The van der Waals surface area contributed by atoms with Crippen molar-refractivity contribution < 1.29 is 4.74 Å². The molecule has 0 unspecified atom stereocenters. The van der Waals surface area contributed by atoms with E-state index in [9.17, 15) is 0 Å². The summed E-state index contributed by atoms with van der Waals surface area (Å²) in [5.41, 5.74) is 2.11. The molecule has 0 aliphatic carbocycles. The number of nitrogens with one attached hydrogen (secondary N) is 1. The third-order valence-corrected chi connectivity index (χ3v) is 1.77. The maximum Gasteiger partial charge on any atom is 0.123 e. The van der Waals surface area contributed by atoms with Crippen molar-refractivity contribution in [1.29, 1.82) is 0 Å². The number of benzene rings is 1. The first-order chi connectivity index (χ1) is 6.24. The number of hydrogen-bond acceptors (Lipinski definition) is 2. The van der Waals surface area contributed by atoms with Crippen molar-refractivity contribution in [1.82, 2.24) is 5.32 Å². The van der Waals surface area contributed by atoms with Crippen LogP contribution in [-0.2, 0) is 6.54 Å². The molecule has 1 N–H and O–H groups in total. The van der Waals surface area contributed by atoms with Crippen LogP contribution in [0.1, 0.15) is 12.5 Å². The summed E-state index contributed by atoms with van der Waals surface area (Å²) in [6.45, 7) is 6.48. The molecule has 2 nitrogen and oxygen atoms in total. The van der Waals surface area contributed by atoms with Crippen LogP contribution in [0.4, 0.5) is 0 Å². The zero-order valence-electron chi connectivity index (χ0n) is 8.13. The Morgan fingerprint density at radius 2 is 2.15 bits per heavy atom. The molecular formula is C11H15NO. The van der Waals surface area contributed by atoms with Crippen LogP contribution < -0.4 is 10.1 Å². The summed E-state index contributed by atoms with van der Waals surface area (Å²) in [7, 11) is 1.68. The third-order valence-electron chi connectivity index (χ3n) is 1.77. The lowest BCUT2D eigenvalue weighted by Crippen LogP contribution is -2.10. The molecular weight excluding hydrogens is 162 g/mol. The van der Waals surface area contributed by atoms with Gasteiger partial charge in [-0.2, -0.15) is 0 Å². The standard InChI is InChI=1S/C11H15NO/c1-9(2)12-8-10-6-4-5-7-11(10)13-3/h4-7,12H,1,8H2,2-3H3. The highest BCUT2D eigenvalue weighted by molar-refractivity contribution is 5.33. The van der Waals surface area contributed by atoms with Crippen molar-refractivity contribution in [2.45, 2.75) is 13.5 Å². The number of hydrogen-bond donors (Lipinski definition) is 1. The fraction of sp³-hybridized carbons (Fsp3) is 0.273. The second kappa shape index (κ2) is 4.55. The van der Waals surface area contributed by atoms with Gasteiger partial charge in [-0.05, 0) is 13.0 Å². The number of methoxy groups -OCH3 is 1. The first kappa shape index (κ1) is 9.65. The van der Waals surface area contributed by atoms with E-state index in [0.717, 1.165) is 23.6 Å². The van der Waals surface area contributed by atoms with Crippen LogP contribution in [0.15, 0.2) is 36.5 Å². The topological polar surface area (TPSA) is 21.3 Å². The van der Waals surface area contributed by atoms with Crippen LogP contribution >= 0.6 is 0 Å². The van der Waals surface area contributed by atoms with Gasteiger partial charge >= 0.3 is 0 Å². The summed E-state index contributed by atoms with van der Waals surface area (Å²) >= 11 is 0. The summed E-state index contributed by atoms with van der Waals surface area (Å²) in [5, 5.41) is 3.16. The molecule has 0 spiro atoms. The van der Waals surface area contributed by atoms with Crippen LogP contribution in [0.5, 0.6) is 5.75 Å². The third kappa shape index (κ3) is 2.82. The van der Waals surface area contributed by atoms with E-state index in [1.54, 1.807) is 7.11 Å². The molecule has 0 amide bonds. The molecule has 13 heavy (non-hydrogen) atoms. The fourth-order valence-corrected chi connectivity index (χ4v) is 1.10. The predicted molar refractivity (Wildman–Crippen MR) is 54.6 cm³/mol. The first-order valence-electron chi connectivity index (χ1n) is 4.25. The van der Waals surface area contributed by atoms with Gasteiger partial charge in [-0.25, -0.2) is 0 Å². The second-order valence-corrected chi connectivity index (χ2v) is 2.95. The molecule has 1 aromatic carbocycles. The van der Waals surface area contributed by atoms with Gasteiger partial charge in [0, 0.05) is 17.8 Å². The van der Waals surface area contributed by atoms with Gasteiger partial charge in [0.15, 0.2) is 0 Å². The Kier molecular flexibility index (Phi) is 3.38. The van der Waals surface area contributed by atoms with E-state index in [0.29, 0.717) is 0 Å². The number of allylic oxidation sites excluding steroid dienone is 1. The Morgan fingerprint density at radius 3 is 2.77 bits per heavy atom. The van der Waals surface area contributed by atoms with Gasteiger partial charge in [0.25, 0.3) is 0 Å². The summed E-state index contributed by atoms with van der Waals surface area (Å²) in [6, 6.07) is 7.95. The highest BCUT2D eigenvalue weighted by Crippen LogP contribution is 2.16. The Hall–Kier alpha value is -1.44. The molecule has 1 aromatic rings. The van der Waals surface area contributed by atoms with E-state index in [1.807, 2.05) is 31.2 Å². The highest BCUT2D eigenvalue weighted by Gasteiger charge is 1.99. The Balaban J connectivity index is 2.69. The van der Waals surface area contributed by atoms with Crippen LogP contribution in [-0.4, -0.2) is 7.11 Å². The van der Waals surface area contributed by atoms with E-state index >= 15 is 0 Å². The molecule has 1 rings (SSSR count). The molecule has 0 fully saturated rings. The molecule has 0 aromatic heterocycles. The summed E-state index contributed by atoms with van der Waals surface area (Å²) in [5.74, 6) is 0.913. The van der Waals surface area contributed by atoms with Gasteiger partial charge in [-0.3, -0.25) is 0 Å². The van der Waals surface area contributed by atoms with Crippen LogP contribution in [0.2, 0.25) is 0 Å². The van der Waals surface area contributed by atoms with Crippen molar-refractivity contribution in [3.63, 3.8) is 0 Å². The smallest absolute Gasteiger partial charge is 0.123 e. The fourth-order valence-electron chi connectivity index (χ4n) is 1.10. The molecule has 0 heterocycles. The van der Waals surface area contributed by atoms with Gasteiger partial charge < -0.3 is 10.1 Å². The maximum absolute atomic E-state index is 5.21. The van der Waals surface area contributed by atoms with Crippen molar-refractivity contribution in [2.75, 3.05) is 7.11 Å². The Bertz CT molecular complexity index is 294. The molecule has 0 radical (unpaired) electrons. The normalized spacial score (nSPS) is 9.38. The Labute approximate surface area is 79.2 Å². The molecule has 0 aliphatic heterocycles. The molecule has 0 saturated heterocycles. The molecule has 0 atom stereocenters. The minimum atomic E-state index is 0.763. The quantitative estimate of drug-likeness (QED) is 0.762. The summed E-state index contributed by atoms with van der Waals surface area (Å²) in [6.07, 6.45) is 0. The lowest BCUT2D eigenvalue weighted by atomic mass is 10.2. The first-order valence-corrected chi connectivity index (χ1v) is 4.25. The molecule has 0 bridgehead atoms. The van der Waals surface area contributed by atoms with Gasteiger partial charge in [0.05, 0.1) is 7.11 Å². The van der Waals surface area contributed by atoms with E-state index < -0.39 is 0 Å². The lowest BCUT2D eigenvalue weighted by molar-refractivity contribution is 0.408. The lowest BCUT2D eigenvalue weighted by Gasteiger charge is -2.09. The average molecular weight is 177 g/mol. The minimum Gasteiger partial charge on any atom is -0.496 e. The maximum atomic E-state index is 5.21. The van der Waals surface area contributed by atoms with Crippen molar-refractivity contribution >= 4 is 0 Å². The van der Waals surface area contributed by atoms with Crippen LogP contribution in [0, 0.1) is 0 Å². The number of ether oxygens (including phenoxy) is 1. The summed E-state index contributed by atoms with van der Waals surface area (Å²) < 4.78 is 5.21. The monoisotopic (exact) mass is 177 g/mol. The van der Waals surface area contributed by atoms with Crippen molar-refractivity contribution in [3.05, 3.63) is 42.1 Å². The van der Waals surface area contributed by atoms with Gasteiger partial charge in [0.1, 0.15) is 5.75 Å². The van der Waals surface area contributed by atoms with Crippen molar-refractivity contribution in [2.24, 2.45) is 0 Å². The summed E-state index contributed by atoms with van der Waals surface area (Å²) in [4.78, 5) is 0. The van der Waals surface area contributed by atoms with Crippen LogP contribution in [0.25, 0.3) is 0 Å². The van der Waals surface area contributed by atoms with E-state index in [1.165, 1.54) is 0 Å². The minimum absolute atomic E-state index is 0.763. The van der Waals surface area contributed by atoms with E-state index in [4.69, 9.17) is 4.74 Å². The second-order valence-electron chi connectivity index (χ2n) is 2.95. The Morgan fingerprint density at radius 1 is 1.46 bits per heavy atom. The largest absolute Gasteiger partial charge is 0.496 e. The van der Waals surface area contributed by atoms with Gasteiger partial charge in [-0.1, -0.05) is 24.8 Å². The van der Waals surface area contributed by atoms with Crippen LogP contribution in [0.3, 0.4) is 0 Å². The molecule has 0 saturated carbocycles. The number of para-hydroxylation sites is 1. The average Bonchev–Trinajstić information content (AvgIpc) is 2.15. The van der Waals surface area contributed by atoms with E-state index in [-0.39, 0.29) is 0 Å². The molecule has 2 heteroatoms. The molecule has 0 aliphatic rings. The van der Waals surface area contributed by atoms with Gasteiger partial charge in [-0.15, -0.1) is 0 Å². The SMILES string of the molecule is C=C(C)NCc1ccccc1OC. The van der Waals surface area contributed by atoms with Crippen molar-refractivity contribution in [3.8, 4) is 5.75 Å². The highest BCUT2D eigenvalue weighted by atomic mass is 16.5. The zero-order chi connectivity index (χ0) is 9.68. The number of rotatable bonds is 4. The predicted octanol–water partition coefficient (Wildman–Crippen LogP) is 2.32. The van der Waals surface area contributed by atoms with E-state index in [2.05, 4.69) is 11.9 Å². The zero-order valence-corrected chi connectivity index (χ0v) is 8.13.